The van der Waals surface area contributed by atoms with Gasteiger partial charge in [0.25, 0.3) is 5.91 Å². The fourth-order valence-electron chi connectivity index (χ4n) is 7.67. The number of hydrogen-bond donors (Lipinski definition) is 3. The lowest BCUT2D eigenvalue weighted by atomic mass is 9.81. The Morgan fingerprint density at radius 1 is 0.938 bits per heavy atom. The first kappa shape index (κ1) is 31.7. The minimum absolute atomic E-state index is 0.260. The van der Waals surface area contributed by atoms with Crippen molar-refractivity contribution in [1.82, 2.24) is 14.8 Å². The van der Waals surface area contributed by atoms with Gasteiger partial charge in [-0.3, -0.25) is 9.59 Å². The monoisotopic (exact) mass is 646 g/mol. The summed E-state index contributed by atoms with van der Waals surface area (Å²) in [6.07, 6.45) is 9.55. The Bertz CT molecular complexity index is 1880. The second-order valence-electron chi connectivity index (χ2n) is 13.4. The van der Waals surface area contributed by atoms with Gasteiger partial charge in [0, 0.05) is 46.9 Å². The summed E-state index contributed by atoms with van der Waals surface area (Å²) in [5, 5.41) is 16.3. The molecule has 2 aliphatic heterocycles. The van der Waals surface area contributed by atoms with Crippen molar-refractivity contribution in [2.75, 3.05) is 32.1 Å². The van der Waals surface area contributed by atoms with Gasteiger partial charge in [-0.1, -0.05) is 49.6 Å². The molecule has 7 rings (SSSR count). The Balaban J connectivity index is 1.21. The molecule has 0 atom stereocenters. The van der Waals surface area contributed by atoms with Crippen LogP contribution in [0.5, 0.6) is 5.75 Å². The number of amides is 2. The first-order valence-corrected chi connectivity index (χ1v) is 17.0. The number of piperidine rings is 1. The highest BCUT2D eigenvalue weighted by atomic mass is 16.5. The Kier molecular flexibility index (Phi) is 8.79. The molecule has 248 valence electrons. The second-order valence-corrected chi connectivity index (χ2v) is 13.4. The highest BCUT2D eigenvalue weighted by Gasteiger charge is 2.42. The van der Waals surface area contributed by atoms with E-state index in [1.165, 1.54) is 42.0 Å². The predicted molar refractivity (Wildman–Crippen MR) is 187 cm³/mol. The molecule has 0 bridgehead atoms. The molecule has 1 saturated carbocycles. The van der Waals surface area contributed by atoms with E-state index in [2.05, 4.69) is 38.3 Å². The maximum Gasteiger partial charge on any atom is 0.328 e. The maximum atomic E-state index is 14.1. The third kappa shape index (κ3) is 6.22. The number of likely N-dealkylation sites (tertiary alicyclic amines) is 1. The van der Waals surface area contributed by atoms with Crippen LogP contribution in [0.2, 0.25) is 0 Å². The number of nitrogens with one attached hydrogen (secondary N) is 2. The molecule has 0 unspecified atom stereocenters. The van der Waals surface area contributed by atoms with Crippen LogP contribution in [-0.2, 0) is 16.1 Å². The fraction of sp³-hybridized carbons (Fsp3) is 0.359. The van der Waals surface area contributed by atoms with Crippen LogP contribution in [0.15, 0.2) is 72.8 Å². The lowest BCUT2D eigenvalue weighted by Crippen LogP contribution is -2.61. The van der Waals surface area contributed by atoms with Crippen molar-refractivity contribution in [3.63, 3.8) is 0 Å². The molecule has 0 radical (unpaired) electrons. The van der Waals surface area contributed by atoms with E-state index in [-0.39, 0.29) is 11.8 Å². The van der Waals surface area contributed by atoms with Crippen molar-refractivity contribution in [1.29, 1.82) is 0 Å². The summed E-state index contributed by atoms with van der Waals surface area (Å²) in [4.78, 5) is 41.1. The first-order chi connectivity index (χ1) is 23.3. The number of carbonyl (C=O) groups excluding carboxylic acids is 2. The van der Waals surface area contributed by atoms with Crippen molar-refractivity contribution in [3.8, 4) is 17.0 Å². The van der Waals surface area contributed by atoms with Gasteiger partial charge in [-0.15, -0.1) is 0 Å². The van der Waals surface area contributed by atoms with Gasteiger partial charge in [-0.25, -0.2) is 4.79 Å². The highest BCUT2D eigenvalue weighted by Crippen LogP contribution is 2.47. The number of ether oxygens (including phenoxy) is 1. The molecule has 3 N–H and O–H groups in total. The van der Waals surface area contributed by atoms with E-state index in [0.717, 1.165) is 35.7 Å². The van der Waals surface area contributed by atoms with Crippen LogP contribution in [0.4, 0.5) is 5.69 Å². The first-order valence-electron chi connectivity index (χ1n) is 17.0. The third-order valence-corrected chi connectivity index (χ3v) is 10.3. The van der Waals surface area contributed by atoms with Crippen LogP contribution in [0, 0.1) is 0 Å². The number of aromatic nitrogens is 1. The molecule has 48 heavy (non-hydrogen) atoms. The van der Waals surface area contributed by atoms with E-state index in [0.29, 0.717) is 61.8 Å². The number of rotatable bonds is 7. The van der Waals surface area contributed by atoms with Crippen molar-refractivity contribution < 1.29 is 24.2 Å². The van der Waals surface area contributed by atoms with Crippen molar-refractivity contribution in [2.24, 2.45) is 0 Å². The molecule has 3 aliphatic rings. The smallest absolute Gasteiger partial charge is 0.328 e. The lowest BCUT2D eigenvalue weighted by molar-refractivity contribution is -0.131. The van der Waals surface area contributed by atoms with Gasteiger partial charge in [-0.05, 0) is 92.2 Å². The molecule has 9 nitrogen and oxygen atoms in total. The zero-order valence-corrected chi connectivity index (χ0v) is 27.3. The molecule has 9 heteroatoms. The number of para-hydroxylation sites is 1. The van der Waals surface area contributed by atoms with Gasteiger partial charge in [0.05, 0.1) is 12.2 Å². The number of carboxylic acids is 1. The summed E-state index contributed by atoms with van der Waals surface area (Å²) in [6.45, 7) is 2.56. The average molecular weight is 647 g/mol. The molecule has 1 saturated heterocycles. The number of aliphatic carboxylic acids is 1. The standard InChI is InChI=1S/C39H42N4O5/c1-42-21-19-39(20-22-42,38(47)40-29-15-11-26(12-16-29)13-18-34(44)45)41-37(46)28-14-17-30-32(25-28)43-23-24-48-33-10-6-5-9-31(33)36(43)35(30)27-7-3-2-4-8-27/h5-6,9-18,25,27H,2-4,7-8,19-24H2,1H3,(H,40,47)(H,41,46)(H,44,45)/b18-13+. The highest BCUT2D eigenvalue weighted by molar-refractivity contribution is 6.06. The van der Waals surface area contributed by atoms with Crippen molar-refractivity contribution >= 4 is 40.4 Å². The van der Waals surface area contributed by atoms with Gasteiger partial charge in [0.15, 0.2) is 0 Å². The quantitative estimate of drug-likeness (QED) is 0.193. The fourth-order valence-corrected chi connectivity index (χ4v) is 7.67. The number of hydrogen-bond acceptors (Lipinski definition) is 5. The minimum atomic E-state index is -1.09. The summed E-state index contributed by atoms with van der Waals surface area (Å²) in [5.74, 6) is -0.204. The van der Waals surface area contributed by atoms with Crippen LogP contribution in [0.1, 0.15) is 72.3 Å². The maximum absolute atomic E-state index is 14.1. The Labute approximate surface area is 280 Å². The van der Waals surface area contributed by atoms with E-state index >= 15 is 0 Å². The van der Waals surface area contributed by atoms with Gasteiger partial charge in [0.1, 0.15) is 17.9 Å². The zero-order chi connectivity index (χ0) is 33.3. The Morgan fingerprint density at radius 3 is 2.44 bits per heavy atom. The normalized spacial score (nSPS) is 18.0. The molecule has 3 heterocycles. The summed E-state index contributed by atoms with van der Waals surface area (Å²) in [6, 6.07) is 21.3. The van der Waals surface area contributed by atoms with Crippen LogP contribution in [0.3, 0.4) is 0 Å². The number of anilines is 1. The number of nitrogens with zero attached hydrogens (tertiary/aromatic N) is 2. The molecule has 0 spiro atoms. The summed E-state index contributed by atoms with van der Waals surface area (Å²) >= 11 is 0. The summed E-state index contributed by atoms with van der Waals surface area (Å²) in [5.41, 5.74) is 5.42. The van der Waals surface area contributed by atoms with Gasteiger partial charge >= 0.3 is 5.97 Å². The van der Waals surface area contributed by atoms with Crippen LogP contribution >= 0.6 is 0 Å². The number of carbonyl (C=O) groups is 3. The molecule has 1 aromatic heterocycles. The van der Waals surface area contributed by atoms with Crippen LogP contribution < -0.4 is 15.4 Å². The number of benzene rings is 3. The lowest BCUT2D eigenvalue weighted by Gasteiger charge is -2.40. The van der Waals surface area contributed by atoms with E-state index in [4.69, 9.17) is 9.84 Å². The topological polar surface area (TPSA) is 113 Å². The van der Waals surface area contributed by atoms with Crippen molar-refractivity contribution in [2.45, 2.75) is 62.9 Å². The molecule has 1 aliphatic carbocycles. The van der Waals surface area contributed by atoms with E-state index in [1.54, 1.807) is 24.3 Å². The van der Waals surface area contributed by atoms with Crippen LogP contribution in [0.25, 0.3) is 28.2 Å². The Hall–Kier alpha value is -4.89. The second kappa shape index (κ2) is 13.3. The predicted octanol–water partition coefficient (Wildman–Crippen LogP) is 6.68. The zero-order valence-electron chi connectivity index (χ0n) is 27.3. The molecular formula is C39H42N4O5. The third-order valence-electron chi connectivity index (χ3n) is 10.3. The largest absolute Gasteiger partial charge is 0.491 e. The average Bonchev–Trinajstić information content (AvgIpc) is 3.30. The molecule has 3 aromatic carbocycles. The molecular weight excluding hydrogens is 604 g/mol. The van der Waals surface area contributed by atoms with Gasteiger partial charge in [-0.2, -0.15) is 0 Å². The van der Waals surface area contributed by atoms with Gasteiger partial charge in [0.2, 0.25) is 5.91 Å². The minimum Gasteiger partial charge on any atom is -0.491 e. The van der Waals surface area contributed by atoms with E-state index in [1.807, 2.05) is 31.3 Å². The number of carboxylic acid groups (broad SMARTS) is 1. The molecule has 4 aromatic rings. The summed E-state index contributed by atoms with van der Waals surface area (Å²) < 4.78 is 8.55. The van der Waals surface area contributed by atoms with Crippen molar-refractivity contribution in [3.05, 3.63) is 89.5 Å². The molecule has 2 amide bonds. The van der Waals surface area contributed by atoms with Crippen LogP contribution in [-0.4, -0.2) is 64.6 Å². The number of fused-ring (bicyclic) bond motifs is 5. The van der Waals surface area contributed by atoms with E-state index in [9.17, 15) is 14.4 Å². The Morgan fingerprint density at radius 2 is 1.69 bits per heavy atom. The summed E-state index contributed by atoms with van der Waals surface area (Å²) in [7, 11) is 2.02. The van der Waals surface area contributed by atoms with E-state index < -0.39 is 11.5 Å². The molecule has 2 fully saturated rings. The SMILES string of the molecule is CN1CCC(NC(=O)c2ccc3c(C4CCCCC4)c4n(c3c2)CCOc2ccccc2-4)(C(=O)Nc2ccc(/C=C/C(=O)O)cc2)CC1. The van der Waals surface area contributed by atoms with Gasteiger partial charge < -0.3 is 29.9 Å².